The first-order valence-corrected chi connectivity index (χ1v) is 6.74. The van der Waals surface area contributed by atoms with Crippen LogP contribution in [-0.2, 0) is 11.3 Å². The quantitative estimate of drug-likeness (QED) is 0.890. The number of nitrogens with zero attached hydrogens (tertiary/aromatic N) is 1. The van der Waals surface area contributed by atoms with E-state index in [1.807, 2.05) is 12.1 Å². The van der Waals surface area contributed by atoms with Crippen LogP contribution in [0, 0.1) is 17.7 Å². The molecule has 1 saturated heterocycles. The van der Waals surface area contributed by atoms with Crippen molar-refractivity contribution >= 4 is 5.97 Å². The number of carboxylic acid groups (broad SMARTS) is 1. The van der Waals surface area contributed by atoms with Gasteiger partial charge < -0.3 is 5.11 Å². The number of carbonyl (C=O) groups is 1. The molecule has 1 heterocycles. The van der Waals surface area contributed by atoms with Gasteiger partial charge in [-0.05, 0) is 43.0 Å². The highest BCUT2D eigenvalue weighted by atomic mass is 19.1. The number of benzene rings is 1. The third-order valence-corrected chi connectivity index (χ3v) is 3.80. The van der Waals surface area contributed by atoms with E-state index >= 15 is 0 Å². The van der Waals surface area contributed by atoms with Gasteiger partial charge in [-0.1, -0.05) is 19.1 Å². The third kappa shape index (κ3) is 4.03. The molecule has 19 heavy (non-hydrogen) atoms. The highest BCUT2D eigenvalue weighted by Crippen LogP contribution is 2.24. The summed E-state index contributed by atoms with van der Waals surface area (Å²) in [5.74, 6) is -0.724. The number of rotatable bonds is 5. The van der Waals surface area contributed by atoms with Crippen molar-refractivity contribution in [3.05, 3.63) is 35.6 Å². The Labute approximate surface area is 113 Å². The van der Waals surface area contributed by atoms with Crippen molar-refractivity contribution in [3.63, 3.8) is 0 Å². The van der Waals surface area contributed by atoms with Crippen LogP contribution in [-0.4, -0.2) is 29.1 Å². The van der Waals surface area contributed by atoms with Gasteiger partial charge in [-0.25, -0.2) is 4.39 Å². The average Bonchev–Trinajstić information content (AvgIpc) is 2.79. The van der Waals surface area contributed by atoms with Gasteiger partial charge in [-0.15, -0.1) is 0 Å². The minimum Gasteiger partial charge on any atom is -0.481 e. The number of aliphatic carboxylic acids is 1. The molecular weight excluding hydrogens is 245 g/mol. The molecule has 1 aliphatic rings. The molecule has 1 aliphatic heterocycles. The first-order valence-electron chi connectivity index (χ1n) is 6.74. The van der Waals surface area contributed by atoms with E-state index < -0.39 is 5.97 Å². The van der Waals surface area contributed by atoms with Gasteiger partial charge in [0.15, 0.2) is 0 Å². The summed E-state index contributed by atoms with van der Waals surface area (Å²) >= 11 is 0. The van der Waals surface area contributed by atoms with Crippen LogP contribution in [0.3, 0.4) is 0 Å². The van der Waals surface area contributed by atoms with Gasteiger partial charge in [0.1, 0.15) is 5.82 Å². The lowest BCUT2D eigenvalue weighted by atomic mass is 9.95. The molecule has 0 aliphatic carbocycles. The fourth-order valence-electron chi connectivity index (χ4n) is 2.70. The molecule has 0 saturated carbocycles. The molecule has 0 radical (unpaired) electrons. The van der Waals surface area contributed by atoms with E-state index in [4.69, 9.17) is 5.11 Å². The van der Waals surface area contributed by atoms with Gasteiger partial charge in [0.05, 0.1) is 5.92 Å². The lowest BCUT2D eigenvalue weighted by molar-refractivity contribution is -0.141. The van der Waals surface area contributed by atoms with E-state index in [-0.39, 0.29) is 11.7 Å². The summed E-state index contributed by atoms with van der Waals surface area (Å²) in [7, 11) is 0. The van der Waals surface area contributed by atoms with Gasteiger partial charge in [0, 0.05) is 13.1 Å². The normalized spacial score (nSPS) is 21.5. The third-order valence-electron chi connectivity index (χ3n) is 3.80. The largest absolute Gasteiger partial charge is 0.481 e. The van der Waals surface area contributed by atoms with Crippen molar-refractivity contribution in [2.24, 2.45) is 11.8 Å². The molecule has 1 fully saturated rings. The van der Waals surface area contributed by atoms with Crippen LogP contribution in [0.25, 0.3) is 0 Å². The number of halogens is 1. The summed E-state index contributed by atoms with van der Waals surface area (Å²) in [6.07, 6.45) is 1.80. The van der Waals surface area contributed by atoms with Crippen LogP contribution in [0.4, 0.5) is 4.39 Å². The maximum atomic E-state index is 12.8. The molecule has 3 nitrogen and oxygen atoms in total. The van der Waals surface area contributed by atoms with E-state index in [0.29, 0.717) is 5.92 Å². The fourth-order valence-corrected chi connectivity index (χ4v) is 2.70. The Bertz CT molecular complexity index is 432. The number of hydrogen-bond acceptors (Lipinski definition) is 2. The van der Waals surface area contributed by atoms with Gasteiger partial charge >= 0.3 is 5.97 Å². The minimum atomic E-state index is -0.711. The van der Waals surface area contributed by atoms with Crippen LogP contribution in [0.15, 0.2) is 24.3 Å². The second-order valence-corrected chi connectivity index (χ2v) is 5.49. The summed E-state index contributed by atoms with van der Waals surface area (Å²) in [6, 6.07) is 6.58. The van der Waals surface area contributed by atoms with E-state index in [0.717, 1.165) is 38.0 Å². The Hall–Kier alpha value is -1.42. The van der Waals surface area contributed by atoms with Gasteiger partial charge in [0.2, 0.25) is 0 Å². The van der Waals surface area contributed by atoms with Crippen molar-refractivity contribution in [1.82, 2.24) is 4.90 Å². The summed E-state index contributed by atoms with van der Waals surface area (Å²) in [6.45, 7) is 4.52. The van der Waals surface area contributed by atoms with Crippen molar-refractivity contribution < 1.29 is 14.3 Å². The molecule has 1 aromatic rings. The van der Waals surface area contributed by atoms with Crippen LogP contribution < -0.4 is 0 Å². The molecule has 2 unspecified atom stereocenters. The van der Waals surface area contributed by atoms with Crippen LogP contribution in [0.5, 0.6) is 0 Å². The summed E-state index contributed by atoms with van der Waals surface area (Å²) in [5.41, 5.74) is 1.10. The minimum absolute atomic E-state index is 0.210. The average molecular weight is 265 g/mol. The monoisotopic (exact) mass is 265 g/mol. The predicted octanol–water partition coefficient (Wildman–Crippen LogP) is 2.76. The first-order chi connectivity index (χ1) is 9.04. The standard InChI is InChI=1S/C15H20FNO2/c1-11(15(18)19)8-13-6-7-17(10-13)9-12-2-4-14(16)5-3-12/h2-5,11,13H,6-10H2,1H3,(H,18,19). The molecule has 2 rings (SSSR count). The Morgan fingerprint density at radius 2 is 2.16 bits per heavy atom. The van der Waals surface area contributed by atoms with Crippen LogP contribution >= 0.6 is 0 Å². The molecule has 0 aromatic heterocycles. The fraction of sp³-hybridized carbons (Fsp3) is 0.533. The second kappa shape index (κ2) is 6.15. The summed E-state index contributed by atoms with van der Waals surface area (Å²) in [4.78, 5) is 13.2. The molecule has 1 aromatic carbocycles. The second-order valence-electron chi connectivity index (χ2n) is 5.49. The van der Waals surface area contributed by atoms with Gasteiger partial charge in [-0.2, -0.15) is 0 Å². The smallest absolute Gasteiger partial charge is 0.306 e. The van der Waals surface area contributed by atoms with Crippen molar-refractivity contribution in [1.29, 1.82) is 0 Å². The molecule has 104 valence electrons. The molecular formula is C15H20FNO2. The lowest BCUT2D eigenvalue weighted by Crippen LogP contribution is -2.21. The lowest BCUT2D eigenvalue weighted by Gasteiger charge is -2.17. The van der Waals surface area contributed by atoms with E-state index in [2.05, 4.69) is 4.90 Å². The summed E-state index contributed by atoms with van der Waals surface area (Å²) < 4.78 is 12.8. The Balaban J connectivity index is 1.82. The topological polar surface area (TPSA) is 40.5 Å². The Morgan fingerprint density at radius 3 is 2.79 bits per heavy atom. The van der Waals surface area contributed by atoms with Crippen LogP contribution in [0.1, 0.15) is 25.3 Å². The van der Waals surface area contributed by atoms with Crippen molar-refractivity contribution in [3.8, 4) is 0 Å². The van der Waals surface area contributed by atoms with E-state index in [1.54, 1.807) is 6.92 Å². The first kappa shape index (κ1) is 14.0. The number of likely N-dealkylation sites (tertiary alicyclic amines) is 1. The van der Waals surface area contributed by atoms with E-state index in [9.17, 15) is 9.18 Å². The zero-order valence-electron chi connectivity index (χ0n) is 11.2. The van der Waals surface area contributed by atoms with E-state index in [1.165, 1.54) is 12.1 Å². The predicted molar refractivity (Wildman–Crippen MR) is 71.2 cm³/mol. The molecule has 0 bridgehead atoms. The highest BCUT2D eigenvalue weighted by molar-refractivity contribution is 5.69. The molecule has 1 N–H and O–H groups in total. The van der Waals surface area contributed by atoms with Crippen LogP contribution in [0.2, 0.25) is 0 Å². The van der Waals surface area contributed by atoms with Gasteiger partial charge in [0.25, 0.3) is 0 Å². The number of hydrogen-bond donors (Lipinski definition) is 1. The van der Waals surface area contributed by atoms with Crippen molar-refractivity contribution in [2.75, 3.05) is 13.1 Å². The molecule has 0 spiro atoms. The maximum absolute atomic E-state index is 12.8. The summed E-state index contributed by atoms with van der Waals surface area (Å²) in [5, 5.41) is 8.92. The van der Waals surface area contributed by atoms with Crippen molar-refractivity contribution in [2.45, 2.75) is 26.3 Å². The highest BCUT2D eigenvalue weighted by Gasteiger charge is 2.25. The molecule has 2 atom stereocenters. The van der Waals surface area contributed by atoms with Gasteiger partial charge in [-0.3, -0.25) is 9.69 Å². The Kier molecular flexibility index (Phi) is 4.53. The Morgan fingerprint density at radius 1 is 1.47 bits per heavy atom. The SMILES string of the molecule is CC(CC1CCN(Cc2ccc(F)cc2)C1)C(=O)O. The molecule has 0 amide bonds. The molecule has 4 heteroatoms. The maximum Gasteiger partial charge on any atom is 0.306 e. The zero-order valence-corrected chi connectivity index (χ0v) is 11.2. The zero-order chi connectivity index (χ0) is 13.8. The number of carboxylic acids is 1.